The summed E-state index contributed by atoms with van der Waals surface area (Å²) < 4.78 is 34.6. The van der Waals surface area contributed by atoms with E-state index in [0.29, 0.717) is 43.1 Å². The van der Waals surface area contributed by atoms with Crippen LogP contribution in [0.2, 0.25) is 0 Å². The van der Waals surface area contributed by atoms with Gasteiger partial charge in [-0.15, -0.1) is 0 Å². The number of rotatable bonds is 6. The Labute approximate surface area is 166 Å². The van der Waals surface area contributed by atoms with Crippen LogP contribution in [0.1, 0.15) is 23.7 Å². The second kappa shape index (κ2) is 8.51. The van der Waals surface area contributed by atoms with Crippen molar-refractivity contribution in [2.75, 3.05) is 31.6 Å². The van der Waals surface area contributed by atoms with Crippen LogP contribution in [0.3, 0.4) is 0 Å². The summed E-state index contributed by atoms with van der Waals surface area (Å²) in [5.41, 5.74) is 0.259. The Hall–Kier alpha value is -1.75. The largest absolute Gasteiger partial charge is 0.379 e. The van der Waals surface area contributed by atoms with Crippen molar-refractivity contribution in [2.24, 2.45) is 0 Å². The average molecular weight is 457 g/mol. The second-order valence-corrected chi connectivity index (χ2v) is 8.82. The monoisotopic (exact) mass is 456 g/mol. The third-order valence-electron chi connectivity index (χ3n) is 4.17. The van der Waals surface area contributed by atoms with Crippen LogP contribution < -0.4 is 5.32 Å². The number of nitrogens with one attached hydrogen (secondary N) is 1. The minimum absolute atomic E-state index is 0.0686. The normalized spacial score (nSPS) is 15.6. The molecule has 10 heteroatoms. The molecule has 1 aliphatic heterocycles. The van der Waals surface area contributed by atoms with Crippen LogP contribution in [-0.2, 0) is 21.3 Å². The number of sulfonamides is 1. The van der Waals surface area contributed by atoms with Crippen molar-refractivity contribution in [2.45, 2.75) is 24.8 Å². The summed E-state index contributed by atoms with van der Waals surface area (Å²) in [5.74, 6) is 0.182. The minimum atomic E-state index is -3.72. The zero-order valence-corrected chi connectivity index (χ0v) is 17.3. The molecule has 0 spiro atoms. The van der Waals surface area contributed by atoms with E-state index in [1.54, 1.807) is 29.1 Å². The van der Waals surface area contributed by atoms with E-state index in [2.05, 4.69) is 26.3 Å². The average Bonchev–Trinajstić information content (AvgIpc) is 3.09. The summed E-state index contributed by atoms with van der Waals surface area (Å²) in [6.45, 7) is 4.00. The van der Waals surface area contributed by atoms with Crippen molar-refractivity contribution in [1.82, 2.24) is 14.1 Å². The summed E-state index contributed by atoms with van der Waals surface area (Å²) in [4.78, 5) is 12.7. The molecule has 27 heavy (non-hydrogen) atoms. The number of carbonyl (C=O) groups is 1. The summed E-state index contributed by atoms with van der Waals surface area (Å²) in [5, 5.41) is 6.95. The molecule has 1 aromatic heterocycles. The molecule has 0 saturated carbocycles. The van der Waals surface area contributed by atoms with Crippen molar-refractivity contribution < 1.29 is 17.9 Å². The van der Waals surface area contributed by atoms with Gasteiger partial charge < -0.3 is 10.1 Å². The van der Waals surface area contributed by atoms with Crippen molar-refractivity contribution in [1.29, 1.82) is 0 Å². The highest BCUT2D eigenvalue weighted by molar-refractivity contribution is 9.10. The number of hydrogen-bond acceptors (Lipinski definition) is 5. The maximum atomic E-state index is 12.9. The summed E-state index contributed by atoms with van der Waals surface area (Å²) in [6.07, 6.45) is 2.49. The molecule has 8 nitrogen and oxygen atoms in total. The molecular formula is C17H21BrN4O4S. The van der Waals surface area contributed by atoms with Crippen LogP contribution in [0.5, 0.6) is 0 Å². The van der Waals surface area contributed by atoms with Gasteiger partial charge in [0, 0.05) is 35.7 Å². The van der Waals surface area contributed by atoms with Crippen LogP contribution in [0.4, 0.5) is 5.82 Å². The predicted molar refractivity (Wildman–Crippen MR) is 104 cm³/mol. The SMILES string of the molecule is CCCn1nccc1NC(=O)c1ccc(Br)c(S(=O)(=O)N2CCOCC2)c1. The molecule has 1 N–H and O–H groups in total. The molecule has 0 bridgehead atoms. The number of aryl methyl sites for hydroxylation is 1. The van der Waals surface area contributed by atoms with Crippen LogP contribution >= 0.6 is 15.9 Å². The number of anilines is 1. The fraction of sp³-hybridized carbons (Fsp3) is 0.412. The number of ether oxygens (including phenoxy) is 1. The van der Waals surface area contributed by atoms with Gasteiger partial charge in [-0.25, -0.2) is 13.1 Å². The zero-order chi connectivity index (χ0) is 19.4. The Kier molecular flexibility index (Phi) is 6.30. The highest BCUT2D eigenvalue weighted by Crippen LogP contribution is 2.27. The van der Waals surface area contributed by atoms with Crippen LogP contribution in [0.15, 0.2) is 39.8 Å². The molecule has 1 saturated heterocycles. The van der Waals surface area contributed by atoms with E-state index in [0.717, 1.165) is 6.42 Å². The van der Waals surface area contributed by atoms with Gasteiger partial charge >= 0.3 is 0 Å². The van der Waals surface area contributed by atoms with Crippen molar-refractivity contribution >= 4 is 37.7 Å². The lowest BCUT2D eigenvalue weighted by atomic mass is 10.2. The van der Waals surface area contributed by atoms with Gasteiger partial charge in [0.05, 0.1) is 24.3 Å². The van der Waals surface area contributed by atoms with Crippen LogP contribution in [-0.4, -0.2) is 54.7 Å². The maximum Gasteiger partial charge on any atom is 0.256 e. The fourth-order valence-electron chi connectivity index (χ4n) is 2.79. The topological polar surface area (TPSA) is 93.5 Å². The van der Waals surface area contributed by atoms with Gasteiger partial charge in [-0.3, -0.25) is 4.79 Å². The molecule has 0 radical (unpaired) electrons. The standard InChI is InChI=1S/C17H21BrN4O4S/c1-2-7-22-16(5-6-19-22)20-17(23)13-3-4-14(18)15(12-13)27(24,25)21-8-10-26-11-9-21/h3-6,12H,2,7-11H2,1H3,(H,20,23). The van der Waals surface area contributed by atoms with Gasteiger partial charge in [0.1, 0.15) is 5.82 Å². The van der Waals surface area contributed by atoms with Crippen molar-refractivity contribution in [3.05, 3.63) is 40.5 Å². The second-order valence-electron chi connectivity index (χ2n) is 6.06. The number of morpholine rings is 1. The minimum Gasteiger partial charge on any atom is -0.379 e. The number of hydrogen-bond donors (Lipinski definition) is 1. The van der Waals surface area contributed by atoms with E-state index in [9.17, 15) is 13.2 Å². The molecule has 1 aromatic carbocycles. The first kappa shape index (κ1) is 20.0. The third-order valence-corrected chi connectivity index (χ3v) is 7.07. The lowest BCUT2D eigenvalue weighted by Crippen LogP contribution is -2.40. The Morgan fingerprint density at radius 2 is 2.04 bits per heavy atom. The third kappa shape index (κ3) is 4.40. The molecule has 2 aromatic rings. The van der Waals surface area contributed by atoms with E-state index < -0.39 is 15.9 Å². The van der Waals surface area contributed by atoms with Crippen LogP contribution in [0, 0.1) is 0 Å². The van der Waals surface area contributed by atoms with Gasteiger partial charge in [0.25, 0.3) is 5.91 Å². The highest BCUT2D eigenvalue weighted by atomic mass is 79.9. The number of carbonyl (C=O) groups excluding carboxylic acids is 1. The van der Waals surface area contributed by atoms with Gasteiger partial charge in [0.15, 0.2) is 0 Å². The number of amides is 1. The Bertz CT molecular complexity index is 923. The molecular weight excluding hydrogens is 436 g/mol. The number of nitrogens with zero attached hydrogens (tertiary/aromatic N) is 3. The van der Waals surface area contributed by atoms with E-state index in [4.69, 9.17) is 4.74 Å². The summed E-state index contributed by atoms with van der Waals surface area (Å²) in [6, 6.07) is 6.26. The van der Waals surface area contributed by atoms with E-state index in [-0.39, 0.29) is 10.5 Å². The predicted octanol–water partition coefficient (Wildman–Crippen LogP) is 2.33. The Morgan fingerprint density at radius 1 is 1.30 bits per heavy atom. The Balaban J connectivity index is 1.86. The summed E-state index contributed by atoms with van der Waals surface area (Å²) in [7, 11) is -3.72. The quantitative estimate of drug-likeness (QED) is 0.719. The molecule has 1 aliphatic rings. The number of halogens is 1. The first-order chi connectivity index (χ1) is 12.9. The first-order valence-electron chi connectivity index (χ1n) is 8.64. The van der Waals surface area contributed by atoms with Gasteiger partial charge in [-0.2, -0.15) is 9.40 Å². The van der Waals surface area contributed by atoms with Gasteiger partial charge in [-0.1, -0.05) is 6.92 Å². The van der Waals surface area contributed by atoms with Gasteiger partial charge in [-0.05, 0) is 40.5 Å². The molecule has 146 valence electrons. The molecule has 1 amide bonds. The molecule has 2 heterocycles. The lowest BCUT2D eigenvalue weighted by molar-refractivity contribution is 0.0730. The van der Waals surface area contributed by atoms with Crippen molar-refractivity contribution in [3.8, 4) is 0 Å². The van der Waals surface area contributed by atoms with E-state index >= 15 is 0 Å². The Morgan fingerprint density at radius 3 is 2.74 bits per heavy atom. The molecule has 0 aliphatic carbocycles. The van der Waals surface area contributed by atoms with E-state index in [1.807, 2.05) is 6.92 Å². The van der Waals surface area contributed by atoms with Crippen molar-refractivity contribution in [3.63, 3.8) is 0 Å². The maximum absolute atomic E-state index is 12.9. The molecule has 0 unspecified atom stereocenters. The molecule has 3 rings (SSSR count). The zero-order valence-electron chi connectivity index (χ0n) is 14.9. The first-order valence-corrected chi connectivity index (χ1v) is 10.9. The van der Waals surface area contributed by atoms with E-state index in [1.165, 1.54) is 10.4 Å². The fourth-order valence-corrected chi connectivity index (χ4v) is 5.14. The molecule has 0 atom stereocenters. The van der Waals surface area contributed by atoms with Gasteiger partial charge in [0.2, 0.25) is 10.0 Å². The van der Waals surface area contributed by atoms with Crippen LogP contribution in [0.25, 0.3) is 0 Å². The number of aromatic nitrogens is 2. The highest BCUT2D eigenvalue weighted by Gasteiger charge is 2.29. The lowest BCUT2D eigenvalue weighted by Gasteiger charge is -2.26. The summed E-state index contributed by atoms with van der Waals surface area (Å²) >= 11 is 3.29. The number of benzene rings is 1. The molecule has 1 fully saturated rings. The smallest absolute Gasteiger partial charge is 0.256 e.